The maximum atomic E-state index is 12.0. The zero-order chi connectivity index (χ0) is 16.5. The van der Waals surface area contributed by atoms with Crippen molar-refractivity contribution in [2.75, 3.05) is 6.54 Å². The number of urea groups is 1. The molecular weight excluding hydrogens is 286 g/mol. The van der Waals surface area contributed by atoms with E-state index >= 15 is 0 Å². The van der Waals surface area contributed by atoms with Crippen LogP contribution >= 0.6 is 0 Å². The third kappa shape index (κ3) is 5.82. The van der Waals surface area contributed by atoms with E-state index in [0.717, 1.165) is 12.0 Å². The molecule has 22 heavy (non-hydrogen) atoms. The van der Waals surface area contributed by atoms with Gasteiger partial charge in [0, 0.05) is 18.7 Å². The van der Waals surface area contributed by atoms with Crippen LogP contribution in [-0.4, -0.2) is 29.6 Å². The minimum Gasteiger partial charge on any atom is -0.481 e. The number of hydrogen-bond acceptors (Lipinski definition) is 3. The van der Waals surface area contributed by atoms with E-state index in [4.69, 9.17) is 10.8 Å². The number of rotatable bonds is 8. The van der Waals surface area contributed by atoms with Crippen LogP contribution in [0.5, 0.6) is 0 Å². The fourth-order valence-electron chi connectivity index (χ4n) is 1.94. The Labute approximate surface area is 128 Å². The average Bonchev–Trinajstić information content (AvgIpc) is 2.49. The van der Waals surface area contributed by atoms with Gasteiger partial charge < -0.3 is 21.5 Å². The molecule has 0 aliphatic carbocycles. The summed E-state index contributed by atoms with van der Waals surface area (Å²) in [6, 6.07) is 6.01. The molecule has 5 N–H and O–H groups in total. The van der Waals surface area contributed by atoms with E-state index in [2.05, 4.69) is 10.6 Å². The van der Waals surface area contributed by atoms with Crippen molar-refractivity contribution in [2.45, 2.75) is 26.3 Å². The van der Waals surface area contributed by atoms with Gasteiger partial charge >= 0.3 is 12.0 Å². The number of carbonyl (C=O) groups excluding carboxylic acids is 2. The van der Waals surface area contributed by atoms with Gasteiger partial charge in [0.25, 0.3) is 5.91 Å². The van der Waals surface area contributed by atoms with E-state index in [1.807, 2.05) is 6.92 Å². The number of nitrogens with one attached hydrogen (secondary N) is 2. The molecule has 3 amide bonds. The molecule has 0 bridgehead atoms. The fourth-order valence-corrected chi connectivity index (χ4v) is 1.94. The first kappa shape index (κ1) is 17.5. The van der Waals surface area contributed by atoms with E-state index in [0.29, 0.717) is 12.0 Å². The lowest BCUT2D eigenvalue weighted by molar-refractivity contribution is -0.141. The van der Waals surface area contributed by atoms with Gasteiger partial charge in [-0.25, -0.2) is 4.79 Å². The summed E-state index contributed by atoms with van der Waals surface area (Å²) in [4.78, 5) is 33.6. The molecule has 1 atom stereocenters. The van der Waals surface area contributed by atoms with Crippen molar-refractivity contribution in [3.05, 3.63) is 35.4 Å². The maximum absolute atomic E-state index is 12.0. The van der Waals surface area contributed by atoms with Crippen LogP contribution in [0.15, 0.2) is 24.3 Å². The third-order valence-corrected chi connectivity index (χ3v) is 3.18. The summed E-state index contributed by atoms with van der Waals surface area (Å²) in [5.41, 5.74) is 6.22. The maximum Gasteiger partial charge on any atom is 0.312 e. The van der Waals surface area contributed by atoms with Crippen LogP contribution in [0.25, 0.3) is 0 Å². The summed E-state index contributed by atoms with van der Waals surface area (Å²) in [7, 11) is 0. The van der Waals surface area contributed by atoms with Gasteiger partial charge in [-0.05, 0) is 24.1 Å². The number of benzene rings is 1. The van der Waals surface area contributed by atoms with Gasteiger partial charge in [-0.2, -0.15) is 0 Å². The first-order chi connectivity index (χ1) is 10.4. The molecule has 0 spiro atoms. The molecule has 7 heteroatoms. The van der Waals surface area contributed by atoms with E-state index in [-0.39, 0.29) is 19.0 Å². The van der Waals surface area contributed by atoms with Crippen molar-refractivity contribution in [3.8, 4) is 0 Å². The Morgan fingerprint density at radius 1 is 1.18 bits per heavy atom. The monoisotopic (exact) mass is 307 g/mol. The molecular formula is C15H21N3O4. The van der Waals surface area contributed by atoms with Gasteiger partial charge in [-0.15, -0.1) is 0 Å². The van der Waals surface area contributed by atoms with Crippen LogP contribution < -0.4 is 16.4 Å². The van der Waals surface area contributed by atoms with Gasteiger partial charge in [0.15, 0.2) is 0 Å². The highest BCUT2D eigenvalue weighted by atomic mass is 16.4. The first-order valence-electron chi connectivity index (χ1n) is 7.07. The normalized spacial score (nSPS) is 11.5. The molecule has 1 unspecified atom stereocenters. The van der Waals surface area contributed by atoms with Crippen molar-refractivity contribution >= 4 is 17.9 Å². The number of amides is 3. The zero-order valence-corrected chi connectivity index (χ0v) is 12.5. The summed E-state index contributed by atoms with van der Waals surface area (Å²) in [5, 5.41) is 14.1. The predicted molar refractivity (Wildman–Crippen MR) is 81.2 cm³/mol. The predicted octanol–water partition coefficient (Wildman–Crippen LogP) is 1.09. The van der Waals surface area contributed by atoms with Crippen LogP contribution in [-0.2, 0) is 11.3 Å². The van der Waals surface area contributed by atoms with Crippen LogP contribution in [0.3, 0.4) is 0 Å². The Morgan fingerprint density at radius 2 is 1.82 bits per heavy atom. The van der Waals surface area contributed by atoms with Crippen molar-refractivity contribution in [3.63, 3.8) is 0 Å². The Bertz CT molecular complexity index is 528. The molecule has 0 saturated heterocycles. The molecule has 0 aliphatic heterocycles. The Balaban J connectivity index is 2.54. The second kappa shape index (κ2) is 8.66. The van der Waals surface area contributed by atoms with Gasteiger partial charge in [0.1, 0.15) is 0 Å². The molecule has 7 nitrogen and oxygen atoms in total. The minimum atomic E-state index is -0.907. The minimum absolute atomic E-state index is 0.104. The van der Waals surface area contributed by atoms with E-state index in [1.54, 1.807) is 24.3 Å². The quantitative estimate of drug-likeness (QED) is 0.574. The number of carbonyl (C=O) groups is 3. The number of carboxylic acid groups (broad SMARTS) is 1. The van der Waals surface area contributed by atoms with Crippen molar-refractivity contribution < 1.29 is 19.5 Å². The molecule has 120 valence electrons. The Morgan fingerprint density at radius 3 is 2.32 bits per heavy atom. The van der Waals surface area contributed by atoms with Crippen molar-refractivity contribution in [1.29, 1.82) is 0 Å². The summed E-state index contributed by atoms with van der Waals surface area (Å²) >= 11 is 0. The van der Waals surface area contributed by atoms with Crippen molar-refractivity contribution in [2.24, 2.45) is 11.7 Å². The molecule has 0 heterocycles. The van der Waals surface area contributed by atoms with E-state index in [1.165, 1.54) is 0 Å². The first-order valence-corrected chi connectivity index (χ1v) is 7.07. The van der Waals surface area contributed by atoms with Gasteiger partial charge in [-0.1, -0.05) is 25.5 Å². The highest BCUT2D eigenvalue weighted by Gasteiger charge is 2.17. The smallest absolute Gasteiger partial charge is 0.312 e. The number of hydrogen-bond donors (Lipinski definition) is 4. The number of nitrogens with two attached hydrogens (primary N) is 1. The molecule has 1 aromatic rings. The summed E-state index contributed by atoms with van der Waals surface area (Å²) in [5.74, 6) is -1.81. The number of aliphatic carboxylic acids is 1. The zero-order valence-electron chi connectivity index (χ0n) is 12.5. The topological polar surface area (TPSA) is 122 Å². The van der Waals surface area contributed by atoms with Crippen LogP contribution in [0, 0.1) is 5.92 Å². The largest absolute Gasteiger partial charge is 0.481 e. The molecule has 0 aliphatic rings. The number of carboxylic acids is 1. The molecule has 0 aromatic heterocycles. The SMILES string of the molecule is CCCC(CNC(=O)c1ccc(CNC(N)=O)cc1)C(=O)O. The Kier molecular flexibility index (Phi) is 6.88. The highest BCUT2D eigenvalue weighted by Crippen LogP contribution is 2.07. The van der Waals surface area contributed by atoms with Gasteiger partial charge in [0.05, 0.1) is 5.92 Å². The summed E-state index contributed by atoms with van der Waals surface area (Å²) < 4.78 is 0. The van der Waals surface area contributed by atoms with Crippen LogP contribution in [0.4, 0.5) is 4.79 Å². The summed E-state index contributed by atoms with van der Waals surface area (Å²) in [6.45, 7) is 2.29. The second-order valence-electron chi connectivity index (χ2n) is 4.95. The second-order valence-corrected chi connectivity index (χ2v) is 4.95. The molecule has 0 fully saturated rings. The van der Waals surface area contributed by atoms with Crippen LogP contribution in [0.2, 0.25) is 0 Å². The summed E-state index contributed by atoms with van der Waals surface area (Å²) in [6.07, 6.45) is 1.27. The lowest BCUT2D eigenvalue weighted by atomic mass is 10.0. The number of primary amides is 1. The molecule has 1 aromatic carbocycles. The molecule has 0 saturated carbocycles. The van der Waals surface area contributed by atoms with E-state index < -0.39 is 17.9 Å². The molecule has 0 radical (unpaired) electrons. The Hall–Kier alpha value is -2.57. The van der Waals surface area contributed by atoms with Crippen molar-refractivity contribution in [1.82, 2.24) is 10.6 Å². The van der Waals surface area contributed by atoms with Crippen LogP contribution in [0.1, 0.15) is 35.7 Å². The third-order valence-electron chi connectivity index (χ3n) is 3.18. The molecule has 1 rings (SSSR count). The lowest BCUT2D eigenvalue weighted by Crippen LogP contribution is -2.33. The fraction of sp³-hybridized carbons (Fsp3) is 0.400. The average molecular weight is 307 g/mol. The van der Waals surface area contributed by atoms with Gasteiger partial charge in [0.2, 0.25) is 0 Å². The lowest BCUT2D eigenvalue weighted by Gasteiger charge is -2.12. The standard InChI is InChI=1S/C15H21N3O4/c1-2-3-12(14(20)21)9-17-13(19)11-6-4-10(5-7-11)8-18-15(16)22/h4-7,12H,2-3,8-9H2,1H3,(H,17,19)(H,20,21)(H3,16,18,22). The van der Waals surface area contributed by atoms with E-state index in [9.17, 15) is 14.4 Å². The highest BCUT2D eigenvalue weighted by molar-refractivity contribution is 5.94. The van der Waals surface area contributed by atoms with Gasteiger partial charge in [-0.3, -0.25) is 9.59 Å².